The molecular weight excluding hydrogens is 246 g/mol. The van der Waals surface area contributed by atoms with Crippen LogP contribution in [0.3, 0.4) is 0 Å². The van der Waals surface area contributed by atoms with E-state index < -0.39 is 5.97 Å². The van der Waals surface area contributed by atoms with Gasteiger partial charge in [-0.3, -0.25) is 9.59 Å². The zero-order valence-electron chi connectivity index (χ0n) is 11.7. The third-order valence-electron chi connectivity index (χ3n) is 3.64. The molecule has 5 heteroatoms. The Balaban J connectivity index is 2.09. The summed E-state index contributed by atoms with van der Waals surface area (Å²) in [6.07, 6.45) is 4.74. The summed E-state index contributed by atoms with van der Waals surface area (Å²) in [4.78, 5) is 22.7. The first-order chi connectivity index (χ1) is 9.15. The van der Waals surface area contributed by atoms with E-state index in [4.69, 9.17) is 9.84 Å². The molecule has 0 aromatic heterocycles. The molecule has 0 atom stereocenters. The van der Waals surface area contributed by atoms with Gasteiger partial charge in [0.1, 0.15) is 0 Å². The van der Waals surface area contributed by atoms with Crippen LogP contribution < -0.4 is 5.32 Å². The highest BCUT2D eigenvalue weighted by Crippen LogP contribution is 2.28. The van der Waals surface area contributed by atoms with Crippen molar-refractivity contribution in [3.63, 3.8) is 0 Å². The summed E-state index contributed by atoms with van der Waals surface area (Å²) in [5.74, 6) is -0.973. The second-order valence-electron chi connectivity index (χ2n) is 5.14. The number of carboxylic acids is 1. The van der Waals surface area contributed by atoms with Gasteiger partial charge in [-0.05, 0) is 32.1 Å². The minimum Gasteiger partial charge on any atom is -0.481 e. The Hall–Kier alpha value is -1.10. The first kappa shape index (κ1) is 16.0. The van der Waals surface area contributed by atoms with Crippen molar-refractivity contribution in [2.45, 2.75) is 45.4 Å². The maximum absolute atomic E-state index is 11.8. The number of ether oxygens (including phenoxy) is 1. The molecule has 0 radical (unpaired) electrons. The summed E-state index contributed by atoms with van der Waals surface area (Å²) >= 11 is 0. The summed E-state index contributed by atoms with van der Waals surface area (Å²) in [6.45, 7) is 3.95. The number of aliphatic carboxylic acids is 1. The van der Waals surface area contributed by atoms with Gasteiger partial charge in [0.2, 0.25) is 5.91 Å². The topological polar surface area (TPSA) is 75.6 Å². The molecule has 0 aliphatic heterocycles. The maximum atomic E-state index is 11.8. The quantitative estimate of drug-likeness (QED) is 0.660. The van der Waals surface area contributed by atoms with Gasteiger partial charge in [0, 0.05) is 19.1 Å². The fourth-order valence-electron chi connectivity index (χ4n) is 2.34. The first-order valence-corrected chi connectivity index (χ1v) is 7.23. The highest BCUT2D eigenvalue weighted by molar-refractivity contribution is 5.79. The van der Waals surface area contributed by atoms with Crippen LogP contribution >= 0.6 is 0 Å². The number of nitrogens with one attached hydrogen (secondary N) is 1. The standard InChI is InChI=1S/C14H25NO4/c1-2-3-9-19-10-8-15-13(16)11-4-6-12(7-5-11)14(17)18/h11-12H,2-10H2,1H3,(H,15,16)(H,17,18). The lowest BCUT2D eigenvalue weighted by atomic mass is 9.81. The van der Waals surface area contributed by atoms with Gasteiger partial charge in [-0.2, -0.15) is 0 Å². The fraction of sp³-hybridized carbons (Fsp3) is 0.857. The molecule has 1 aliphatic carbocycles. The Morgan fingerprint density at radius 1 is 1.16 bits per heavy atom. The van der Waals surface area contributed by atoms with Gasteiger partial charge < -0.3 is 15.2 Å². The second-order valence-corrected chi connectivity index (χ2v) is 5.14. The third-order valence-corrected chi connectivity index (χ3v) is 3.64. The lowest BCUT2D eigenvalue weighted by Gasteiger charge is -2.25. The normalized spacial score (nSPS) is 23.0. The number of carbonyl (C=O) groups excluding carboxylic acids is 1. The zero-order chi connectivity index (χ0) is 14.1. The number of unbranched alkanes of at least 4 members (excludes halogenated alkanes) is 1. The van der Waals surface area contributed by atoms with Crippen LogP contribution in [-0.4, -0.2) is 36.7 Å². The van der Waals surface area contributed by atoms with Crippen LogP contribution in [0.1, 0.15) is 45.4 Å². The van der Waals surface area contributed by atoms with Crippen molar-refractivity contribution in [1.29, 1.82) is 0 Å². The fourth-order valence-corrected chi connectivity index (χ4v) is 2.34. The van der Waals surface area contributed by atoms with Gasteiger partial charge in [-0.1, -0.05) is 13.3 Å². The summed E-state index contributed by atoms with van der Waals surface area (Å²) in [7, 11) is 0. The average molecular weight is 271 g/mol. The zero-order valence-corrected chi connectivity index (χ0v) is 11.7. The van der Waals surface area contributed by atoms with E-state index in [2.05, 4.69) is 12.2 Å². The smallest absolute Gasteiger partial charge is 0.306 e. The van der Waals surface area contributed by atoms with Gasteiger partial charge in [0.05, 0.1) is 12.5 Å². The first-order valence-electron chi connectivity index (χ1n) is 7.23. The molecule has 0 spiro atoms. The Morgan fingerprint density at radius 3 is 2.37 bits per heavy atom. The molecule has 0 bridgehead atoms. The van der Waals surface area contributed by atoms with Crippen LogP contribution in [-0.2, 0) is 14.3 Å². The van der Waals surface area contributed by atoms with E-state index in [0.29, 0.717) is 38.8 Å². The number of carbonyl (C=O) groups is 2. The molecule has 110 valence electrons. The van der Waals surface area contributed by atoms with Crippen molar-refractivity contribution in [3.05, 3.63) is 0 Å². The lowest BCUT2D eigenvalue weighted by Crippen LogP contribution is -2.36. The largest absolute Gasteiger partial charge is 0.481 e. The number of hydrogen-bond acceptors (Lipinski definition) is 3. The highest BCUT2D eigenvalue weighted by Gasteiger charge is 2.29. The Kier molecular flexibility index (Phi) is 7.48. The van der Waals surface area contributed by atoms with E-state index >= 15 is 0 Å². The number of carboxylic acid groups (broad SMARTS) is 1. The van der Waals surface area contributed by atoms with E-state index in [1.807, 2.05) is 0 Å². The Morgan fingerprint density at radius 2 is 1.79 bits per heavy atom. The van der Waals surface area contributed by atoms with Crippen LogP contribution in [0.5, 0.6) is 0 Å². The van der Waals surface area contributed by atoms with Gasteiger partial charge in [-0.15, -0.1) is 0 Å². The van der Waals surface area contributed by atoms with Crippen molar-refractivity contribution in [2.24, 2.45) is 11.8 Å². The lowest BCUT2D eigenvalue weighted by molar-refractivity contribution is -0.144. The van der Waals surface area contributed by atoms with Crippen molar-refractivity contribution < 1.29 is 19.4 Å². The summed E-state index contributed by atoms with van der Waals surface area (Å²) < 4.78 is 5.37. The number of amides is 1. The van der Waals surface area contributed by atoms with Gasteiger partial charge in [0.25, 0.3) is 0 Å². The molecule has 0 unspecified atom stereocenters. The van der Waals surface area contributed by atoms with Crippen LogP contribution in [0.2, 0.25) is 0 Å². The van der Waals surface area contributed by atoms with Gasteiger partial charge >= 0.3 is 5.97 Å². The summed E-state index contributed by atoms with van der Waals surface area (Å²) in [5.41, 5.74) is 0. The van der Waals surface area contributed by atoms with E-state index in [0.717, 1.165) is 19.4 Å². The van der Waals surface area contributed by atoms with Crippen molar-refractivity contribution >= 4 is 11.9 Å². The molecule has 1 aliphatic rings. The Labute approximate surface area is 114 Å². The van der Waals surface area contributed by atoms with E-state index in [9.17, 15) is 9.59 Å². The van der Waals surface area contributed by atoms with E-state index in [1.54, 1.807) is 0 Å². The summed E-state index contributed by atoms with van der Waals surface area (Å²) in [5, 5.41) is 11.8. The molecule has 0 saturated heterocycles. The predicted octanol–water partition coefficient (Wildman–Crippen LogP) is 1.81. The number of hydrogen-bond donors (Lipinski definition) is 2. The number of rotatable bonds is 8. The maximum Gasteiger partial charge on any atom is 0.306 e. The third kappa shape index (κ3) is 6.05. The molecule has 0 heterocycles. The molecule has 19 heavy (non-hydrogen) atoms. The molecule has 0 aromatic carbocycles. The van der Waals surface area contributed by atoms with Gasteiger partial charge in [0.15, 0.2) is 0 Å². The second kappa shape index (κ2) is 8.91. The average Bonchev–Trinajstić information content (AvgIpc) is 2.42. The summed E-state index contributed by atoms with van der Waals surface area (Å²) in [6, 6.07) is 0. The van der Waals surface area contributed by atoms with Crippen LogP contribution in [0, 0.1) is 11.8 Å². The molecule has 2 N–H and O–H groups in total. The molecule has 1 saturated carbocycles. The van der Waals surface area contributed by atoms with Crippen LogP contribution in [0.4, 0.5) is 0 Å². The van der Waals surface area contributed by atoms with Gasteiger partial charge in [-0.25, -0.2) is 0 Å². The van der Waals surface area contributed by atoms with Crippen molar-refractivity contribution in [1.82, 2.24) is 5.32 Å². The highest BCUT2D eigenvalue weighted by atomic mass is 16.5. The molecule has 5 nitrogen and oxygen atoms in total. The van der Waals surface area contributed by atoms with Crippen LogP contribution in [0.25, 0.3) is 0 Å². The van der Waals surface area contributed by atoms with Crippen molar-refractivity contribution in [3.8, 4) is 0 Å². The molecule has 1 amide bonds. The van der Waals surface area contributed by atoms with Crippen LogP contribution in [0.15, 0.2) is 0 Å². The van der Waals surface area contributed by atoms with E-state index in [1.165, 1.54) is 0 Å². The molecule has 1 rings (SSSR count). The minimum atomic E-state index is -0.733. The monoisotopic (exact) mass is 271 g/mol. The Bertz CT molecular complexity index is 285. The SMILES string of the molecule is CCCCOCCNC(=O)C1CCC(C(=O)O)CC1. The molecule has 1 fully saturated rings. The van der Waals surface area contributed by atoms with Crippen molar-refractivity contribution in [2.75, 3.05) is 19.8 Å². The predicted molar refractivity (Wildman–Crippen MR) is 71.8 cm³/mol. The molecule has 0 aromatic rings. The minimum absolute atomic E-state index is 0.0220. The van der Waals surface area contributed by atoms with E-state index in [-0.39, 0.29) is 17.7 Å². The molecular formula is C14H25NO4.